The summed E-state index contributed by atoms with van der Waals surface area (Å²) in [5.41, 5.74) is 0.656. The van der Waals surface area contributed by atoms with Crippen molar-refractivity contribution in [3.63, 3.8) is 0 Å². The molecule has 0 heterocycles. The zero-order chi connectivity index (χ0) is 24.6. The molecule has 3 atom stereocenters. The Morgan fingerprint density at radius 2 is 1.50 bits per heavy atom. The van der Waals surface area contributed by atoms with Gasteiger partial charge in [0.2, 0.25) is 11.8 Å². The van der Waals surface area contributed by atoms with E-state index in [2.05, 4.69) is 16.0 Å². The molecule has 1 rings (SSSR count). The molecule has 1 aromatic carbocycles. The summed E-state index contributed by atoms with van der Waals surface area (Å²) in [6, 6.07) is 7.98. The minimum absolute atomic E-state index is 0.0150. The Kier molecular flexibility index (Phi) is 10.1. The van der Waals surface area contributed by atoms with E-state index in [4.69, 9.17) is 0 Å². The zero-order valence-electron chi connectivity index (χ0n) is 20.5. The van der Waals surface area contributed by atoms with E-state index < -0.39 is 29.5 Å². The zero-order valence-corrected chi connectivity index (χ0v) is 20.5. The van der Waals surface area contributed by atoms with Crippen molar-refractivity contribution in [3.8, 4) is 0 Å². The molecule has 0 radical (unpaired) electrons. The van der Waals surface area contributed by atoms with E-state index in [0.29, 0.717) is 0 Å². The predicted octanol–water partition coefficient (Wildman–Crippen LogP) is 2.86. The van der Waals surface area contributed by atoms with E-state index >= 15 is 0 Å². The summed E-state index contributed by atoms with van der Waals surface area (Å²) in [7, 11) is 1.73. The monoisotopic (exact) mass is 445 g/mol. The summed E-state index contributed by atoms with van der Waals surface area (Å²) in [5, 5.41) is 18.1. The van der Waals surface area contributed by atoms with Gasteiger partial charge in [-0.2, -0.15) is 0 Å². The number of carbonyl (C=O) groups is 3. The lowest BCUT2D eigenvalue weighted by Gasteiger charge is -2.35. The molecular weight excluding hydrogens is 406 g/mol. The number of nitrogens with one attached hydrogen (secondary N) is 3. The van der Waals surface area contributed by atoms with Crippen LogP contribution < -0.4 is 16.0 Å². The Balaban J connectivity index is 3.08. The molecule has 7 heteroatoms. The van der Waals surface area contributed by atoms with Gasteiger partial charge in [0.05, 0.1) is 12.1 Å². The van der Waals surface area contributed by atoms with Crippen molar-refractivity contribution < 1.29 is 19.5 Å². The van der Waals surface area contributed by atoms with Crippen LogP contribution in [0.5, 0.6) is 0 Å². The highest BCUT2D eigenvalue weighted by Gasteiger charge is 2.38. The highest BCUT2D eigenvalue weighted by atomic mass is 16.4. The van der Waals surface area contributed by atoms with Crippen LogP contribution >= 0.6 is 0 Å². The normalized spacial score (nSPS) is 15.2. The molecule has 7 nitrogen and oxygen atoms in total. The molecule has 0 saturated heterocycles. The topological polar surface area (TPSA) is 108 Å². The van der Waals surface area contributed by atoms with Gasteiger partial charge in [-0.25, -0.2) is 4.79 Å². The van der Waals surface area contributed by atoms with E-state index in [0.717, 1.165) is 5.56 Å². The van der Waals surface area contributed by atoms with Crippen molar-refractivity contribution in [2.24, 2.45) is 11.8 Å². The fourth-order valence-corrected chi connectivity index (χ4v) is 3.62. The second-order valence-electron chi connectivity index (χ2n) is 9.47. The molecular formula is C25H39N3O4. The lowest BCUT2D eigenvalue weighted by molar-refractivity contribution is -0.132. The molecule has 0 aliphatic heterocycles. The van der Waals surface area contributed by atoms with E-state index in [9.17, 15) is 19.5 Å². The molecule has 0 unspecified atom stereocenters. The van der Waals surface area contributed by atoms with Crippen LogP contribution in [0.4, 0.5) is 0 Å². The van der Waals surface area contributed by atoms with Gasteiger partial charge in [-0.05, 0) is 31.4 Å². The average molecular weight is 446 g/mol. The fourth-order valence-electron chi connectivity index (χ4n) is 3.62. The van der Waals surface area contributed by atoms with Gasteiger partial charge in [0.1, 0.15) is 6.04 Å². The van der Waals surface area contributed by atoms with Crippen LogP contribution in [-0.2, 0) is 19.8 Å². The van der Waals surface area contributed by atoms with Crippen molar-refractivity contribution in [3.05, 3.63) is 47.5 Å². The third kappa shape index (κ3) is 7.19. The van der Waals surface area contributed by atoms with Gasteiger partial charge in [0.25, 0.3) is 0 Å². The van der Waals surface area contributed by atoms with E-state index in [1.54, 1.807) is 13.1 Å². The Morgan fingerprint density at radius 1 is 0.938 bits per heavy atom. The maximum absolute atomic E-state index is 13.3. The van der Waals surface area contributed by atoms with Crippen LogP contribution in [0.15, 0.2) is 42.0 Å². The van der Waals surface area contributed by atoms with Crippen LogP contribution in [-0.4, -0.2) is 48.1 Å². The molecule has 0 aliphatic rings. The van der Waals surface area contributed by atoms with Gasteiger partial charge in [0, 0.05) is 11.0 Å². The number of benzene rings is 1. The second-order valence-corrected chi connectivity index (χ2v) is 9.47. The van der Waals surface area contributed by atoms with E-state index in [1.807, 2.05) is 71.9 Å². The van der Waals surface area contributed by atoms with Gasteiger partial charge in [-0.3, -0.25) is 9.59 Å². The molecule has 0 fully saturated rings. The third-order valence-corrected chi connectivity index (χ3v) is 5.83. The van der Waals surface area contributed by atoms with Crippen LogP contribution in [0.3, 0.4) is 0 Å². The molecule has 4 N–H and O–H groups in total. The van der Waals surface area contributed by atoms with Crippen LogP contribution in [0.1, 0.15) is 54.0 Å². The van der Waals surface area contributed by atoms with Crippen LogP contribution in [0.2, 0.25) is 0 Å². The van der Waals surface area contributed by atoms with E-state index in [-0.39, 0.29) is 29.2 Å². The highest BCUT2D eigenvalue weighted by Crippen LogP contribution is 2.27. The van der Waals surface area contributed by atoms with Gasteiger partial charge in [0.15, 0.2) is 0 Å². The molecule has 0 aliphatic carbocycles. The maximum atomic E-state index is 13.3. The number of carboxylic acid groups (broad SMARTS) is 1. The Morgan fingerprint density at radius 3 is 1.94 bits per heavy atom. The summed E-state index contributed by atoms with van der Waals surface area (Å²) in [6.07, 6.45) is 1.54. The Hall–Kier alpha value is -2.67. The summed E-state index contributed by atoms with van der Waals surface area (Å²) >= 11 is 0. The minimum atomic E-state index is -1.03. The highest BCUT2D eigenvalue weighted by molar-refractivity contribution is 5.91. The summed E-state index contributed by atoms with van der Waals surface area (Å²) in [4.78, 5) is 37.6. The fraction of sp³-hybridized carbons (Fsp3) is 0.560. The van der Waals surface area contributed by atoms with E-state index in [1.165, 1.54) is 6.92 Å². The smallest absolute Gasteiger partial charge is 0.331 e. The molecule has 0 bridgehead atoms. The Labute approximate surface area is 192 Å². The van der Waals surface area contributed by atoms with Crippen molar-refractivity contribution in [2.45, 2.75) is 72.0 Å². The number of carboxylic acids is 1. The molecule has 0 saturated carbocycles. The minimum Gasteiger partial charge on any atom is -0.478 e. The molecule has 0 aromatic heterocycles. The first kappa shape index (κ1) is 27.4. The SMILES string of the molecule is CN[C@H](C(=O)N[C@H](C(=O)N[C@H](/C=C(\C)C(=O)O)C(C)C)C(C)C)C(C)(C)c1ccccc1. The van der Waals surface area contributed by atoms with Gasteiger partial charge < -0.3 is 21.1 Å². The second kappa shape index (κ2) is 11.8. The molecule has 2 amide bonds. The number of amides is 2. The predicted molar refractivity (Wildman–Crippen MR) is 127 cm³/mol. The Bertz CT molecular complexity index is 816. The van der Waals surface area contributed by atoms with Crippen LogP contribution in [0.25, 0.3) is 0 Å². The van der Waals surface area contributed by atoms with Gasteiger partial charge >= 0.3 is 5.97 Å². The number of aliphatic carboxylic acids is 1. The molecule has 178 valence electrons. The van der Waals surface area contributed by atoms with Crippen molar-refractivity contribution in [1.82, 2.24) is 16.0 Å². The first-order valence-electron chi connectivity index (χ1n) is 11.1. The number of hydrogen-bond acceptors (Lipinski definition) is 4. The third-order valence-electron chi connectivity index (χ3n) is 5.83. The number of carbonyl (C=O) groups excluding carboxylic acids is 2. The first-order valence-corrected chi connectivity index (χ1v) is 11.1. The first-order chi connectivity index (χ1) is 14.8. The maximum Gasteiger partial charge on any atom is 0.331 e. The lowest BCUT2D eigenvalue weighted by Crippen LogP contribution is -2.59. The van der Waals surface area contributed by atoms with Crippen molar-refractivity contribution >= 4 is 17.8 Å². The quantitative estimate of drug-likeness (QED) is 0.392. The molecule has 1 aromatic rings. The standard InChI is InChI=1S/C25H39N3O4/c1-15(2)19(14-17(5)24(31)32)27-22(29)20(16(3)4)28-23(30)21(26-8)25(6,7)18-12-10-9-11-13-18/h9-16,19-21,26H,1-8H3,(H,27,29)(H,28,30)(H,31,32)/b17-14+/t19-,20+,21-/m1/s1. The van der Waals surface area contributed by atoms with Gasteiger partial charge in [-0.1, -0.05) is 78.0 Å². The largest absolute Gasteiger partial charge is 0.478 e. The average Bonchev–Trinajstić information content (AvgIpc) is 2.71. The molecule has 0 spiro atoms. The van der Waals surface area contributed by atoms with Crippen LogP contribution in [0, 0.1) is 11.8 Å². The van der Waals surface area contributed by atoms with Crippen molar-refractivity contribution in [1.29, 1.82) is 0 Å². The summed E-state index contributed by atoms with van der Waals surface area (Å²) < 4.78 is 0. The van der Waals surface area contributed by atoms with Gasteiger partial charge in [-0.15, -0.1) is 0 Å². The number of hydrogen-bond donors (Lipinski definition) is 4. The lowest BCUT2D eigenvalue weighted by atomic mass is 9.77. The molecule has 32 heavy (non-hydrogen) atoms. The number of rotatable bonds is 11. The summed E-state index contributed by atoms with van der Waals surface area (Å²) in [6.45, 7) is 13.0. The van der Waals surface area contributed by atoms with Crippen molar-refractivity contribution in [2.75, 3.05) is 7.05 Å². The summed E-state index contributed by atoms with van der Waals surface area (Å²) in [5.74, 6) is -1.81. The number of likely N-dealkylation sites (N-methyl/N-ethyl adjacent to an activating group) is 1.